The van der Waals surface area contributed by atoms with Gasteiger partial charge in [-0.25, -0.2) is 0 Å². The summed E-state index contributed by atoms with van der Waals surface area (Å²) in [6.45, 7) is 1.46. The SMILES string of the molecule is CC(CNC(=O)c1c[nH]ccc1=O)C(=O)O. The van der Waals surface area contributed by atoms with Crippen molar-refractivity contribution in [2.24, 2.45) is 5.92 Å². The van der Waals surface area contributed by atoms with Crippen molar-refractivity contribution in [1.29, 1.82) is 0 Å². The average molecular weight is 224 g/mol. The molecule has 0 aromatic carbocycles. The van der Waals surface area contributed by atoms with Crippen LogP contribution in [-0.2, 0) is 4.79 Å². The first-order valence-electron chi connectivity index (χ1n) is 4.70. The van der Waals surface area contributed by atoms with Gasteiger partial charge in [0.15, 0.2) is 5.43 Å². The van der Waals surface area contributed by atoms with Crippen LogP contribution < -0.4 is 10.7 Å². The highest BCUT2D eigenvalue weighted by Gasteiger charge is 2.14. The van der Waals surface area contributed by atoms with Gasteiger partial charge in [-0.2, -0.15) is 0 Å². The summed E-state index contributed by atoms with van der Waals surface area (Å²) in [7, 11) is 0. The Bertz CT molecular complexity index is 452. The molecule has 1 atom stereocenters. The van der Waals surface area contributed by atoms with Gasteiger partial charge in [-0.05, 0) is 0 Å². The molecule has 1 heterocycles. The first-order chi connectivity index (χ1) is 7.52. The highest BCUT2D eigenvalue weighted by molar-refractivity contribution is 5.93. The topological polar surface area (TPSA) is 99.3 Å². The van der Waals surface area contributed by atoms with Gasteiger partial charge in [0.1, 0.15) is 5.56 Å². The molecule has 1 amide bonds. The van der Waals surface area contributed by atoms with Crippen LogP contribution in [0.25, 0.3) is 0 Å². The quantitative estimate of drug-likeness (QED) is 0.660. The van der Waals surface area contributed by atoms with Crippen molar-refractivity contribution in [1.82, 2.24) is 10.3 Å². The van der Waals surface area contributed by atoms with E-state index in [2.05, 4.69) is 10.3 Å². The predicted molar refractivity (Wildman–Crippen MR) is 56.2 cm³/mol. The zero-order chi connectivity index (χ0) is 12.1. The number of rotatable bonds is 4. The van der Waals surface area contributed by atoms with Crippen LogP contribution in [-0.4, -0.2) is 28.5 Å². The minimum atomic E-state index is -0.998. The lowest BCUT2D eigenvalue weighted by Gasteiger charge is -2.07. The van der Waals surface area contributed by atoms with Crippen LogP contribution in [0.15, 0.2) is 23.3 Å². The maximum absolute atomic E-state index is 11.5. The first-order valence-corrected chi connectivity index (χ1v) is 4.70. The molecule has 0 spiro atoms. The molecule has 6 heteroatoms. The van der Waals surface area contributed by atoms with Gasteiger partial charge in [0.2, 0.25) is 0 Å². The van der Waals surface area contributed by atoms with Crippen molar-refractivity contribution >= 4 is 11.9 Å². The van der Waals surface area contributed by atoms with Gasteiger partial charge in [0, 0.05) is 25.0 Å². The van der Waals surface area contributed by atoms with Gasteiger partial charge in [-0.3, -0.25) is 14.4 Å². The second kappa shape index (κ2) is 5.11. The number of aromatic amines is 1. The first kappa shape index (κ1) is 12.0. The fourth-order valence-electron chi connectivity index (χ4n) is 1.02. The normalized spacial score (nSPS) is 11.8. The summed E-state index contributed by atoms with van der Waals surface area (Å²) in [4.78, 5) is 35.8. The summed E-state index contributed by atoms with van der Waals surface area (Å²) in [6.07, 6.45) is 2.70. The fraction of sp³-hybridized carbons (Fsp3) is 0.300. The molecule has 0 aliphatic carbocycles. The van der Waals surface area contributed by atoms with E-state index in [1.807, 2.05) is 0 Å². The third kappa shape index (κ3) is 2.94. The number of aromatic nitrogens is 1. The number of amides is 1. The number of H-pyrrole nitrogens is 1. The Morgan fingerprint density at radius 3 is 2.81 bits per heavy atom. The van der Waals surface area contributed by atoms with Gasteiger partial charge in [-0.1, -0.05) is 6.92 Å². The second-order valence-corrected chi connectivity index (χ2v) is 3.37. The van der Waals surface area contributed by atoms with E-state index in [0.29, 0.717) is 0 Å². The minimum Gasteiger partial charge on any atom is -0.481 e. The largest absolute Gasteiger partial charge is 0.481 e. The molecule has 1 rings (SSSR count). The lowest BCUT2D eigenvalue weighted by molar-refractivity contribution is -0.140. The average Bonchev–Trinajstić information content (AvgIpc) is 2.25. The van der Waals surface area contributed by atoms with Crippen LogP contribution in [0.1, 0.15) is 17.3 Å². The smallest absolute Gasteiger partial charge is 0.308 e. The maximum Gasteiger partial charge on any atom is 0.308 e. The number of hydrogen-bond acceptors (Lipinski definition) is 3. The number of pyridine rings is 1. The summed E-state index contributed by atoms with van der Waals surface area (Å²) in [5.74, 6) is -2.26. The highest BCUT2D eigenvalue weighted by atomic mass is 16.4. The Labute approximate surface area is 91.3 Å². The molecule has 1 aromatic heterocycles. The van der Waals surface area contributed by atoms with Gasteiger partial charge in [0.25, 0.3) is 5.91 Å². The molecule has 0 fully saturated rings. The number of carbonyl (C=O) groups excluding carboxylic acids is 1. The number of carboxylic acid groups (broad SMARTS) is 1. The van der Waals surface area contributed by atoms with Crippen molar-refractivity contribution in [2.75, 3.05) is 6.54 Å². The molecule has 1 aromatic rings. The minimum absolute atomic E-state index is 0.0114. The second-order valence-electron chi connectivity index (χ2n) is 3.37. The van der Waals surface area contributed by atoms with Crippen LogP contribution in [0.5, 0.6) is 0 Å². The van der Waals surface area contributed by atoms with Crippen LogP contribution in [0.3, 0.4) is 0 Å². The molecule has 0 radical (unpaired) electrons. The van der Waals surface area contributed by atoms with Gasteiger partial charge in [0.05, 0.1) is 5.92 Å². The maximum atomic E-state index is 11.5. The Kier molecular flexibility index (Phi) is 3.82. The molecule has 0 saturated heterocycles. The highest BCUT2D eigenvalue weighted by Crippen LogP contribution is 1.93. The van der Waals surface area contributed by atoms with Crippen molar-refractivity contribution in [3.8, 4) is 0 Å². The third-order valence-corrected chi connectivity index (χ3v) is 2.06. The molecule has 0 aliphatic heterocycles. The lowest BCUT2D eigenvalue weighted by Crippen LogP contribution is -2.34. The lowest BCUT2D eigenvalue weighted by atomic mass is 10.2. The van der Waals surface area contributed by atoms with E-state index in [0.717, 1.165) is 0 Å². The summed E-state index contributed by atoms with van der Waals surface area (Å²) in [6, 6.07) is 1.23. The van der Waals surface area contributed by atoms with E-state index in [1.54, 1.807) is 0 Å². The van der Waals surface area contributed by atoms with Crippen molar-refractivity contribution in [3.63, 3.8) is 0 Å². The van der Waals surface area contributed by atoms with E-state index < -0.39 is 23.2 Å². The number of aliphatic carboxylic acids is 1. The molecule has 0 saturated carbocycles. The number of hydrogen-bond donors (Lipinski definition) is 3. The zero-order valence-electron chi connectivity index (χ0n) is 8.69. The Hall–Kier alpha value is -2.11. The van der Waals surface area contributed by atoms with Crippen molar-refractivity contribution in [2.45, 2.75) is 6.92 Å². The molecular formula is C10H12N2O4. The van der Waals surface area contributed by atoms with E-state index in [9.17, 15) is 14.4 Å². The molecule has 0 aliphatic rings. The van der Waals surface area contributed by atoms with Crippen LogP contribution in [0.2, 0.25) is 0 Å². The summed E-state index contributed by atoms with van der Waals surface area (Å²) in [5, 5.41) is 11.0. The molecule has 0 bridgehead atoms. The third-order valence-electron chi connectivity index (χ3n) is 2.06. The Balaban J connectivity index is 2.64. The predicted octanol–water partition coefficient (Wildman–Crippen LogP) is -0.175. The number of nitrogens with one attached hydrogen (secondary N) is 2. The molecule has 86 valence electrons. The molecule has 3 N–H and O–H groups in total. The van der Waals surface area contributed by atoms with Gasteiger partial charge in [-0.15, -0.1) is 0 Å². The van der Waals surface area contributed by atoms with E-state index in [1.165, 1.54) is 25.4 Å². The monoisotopic (exact) mass is 224 g/mol. The zero-order valence-corrected chi connectivity index (χ0v) is 8.69. The fourth-order valence-corrected chi connectivity index (χ4v) is 1.02. The summed E-state index contributed by atoms with van der Waals surface area (Å²) in [5.41, 5.74) is -0.431. The molecular weight excluding hydrogens is 212 g/mol. The molecule has 6 nitrogen and oxygen atoms in total. The van der Waals surface area contributed by atoms with E-state index in [4.69, 9.17) is 5.11 Å². The Morgan fingerprint density at radius 2 is 2.25 bits per heavy atom. The Morgan fingerprint density at radius 1 is 1.56 bits per heavy atom. The van der Waals surface area contributed by atoms with Gasteiger partial charge >= 0.3 is 5.97 Å². The van der Waals surface area contributed by atoms with Gasteiger partial charge < -0.3 is 15.4 Å². The number of carbonyl (C=O) groups is 2. The molecule has 1 unspecified atom stereocenters. The summed E-state index contributed by atoms with van der Waals surface area (Å²) >= 11 is 0. The van der Waals surface area contributed by atoms with Crippen LogP contribution in [0, 0.1) is 5.92 Å². The van der Waals surface area contributed by atoms with Crippen LogP contribution >= 0.6 is 0 Å². The van der Waals surface area contributed by atoms with Crippen molar-refractivity contribution in [3.05, 3.63) is 34.2 Å². The van der Waals surface area contributed by atoms with E-state index in [-0.39, 0.29) is 12.1 Å². The molecule has 16 heavy (non-hydrogen) atoms. The standard InChI is InChI=1S/C10H12N2O4/c1-6(10(15)16)4-12-9(14)7-5-11-3-2-8(7)13/h2-3,5-6H,4H2,1H3,(H,11,13)(H,12,14)(H,15,16). The number of carboxylic acids is 1. The van der Waals surface area contributed by atoms with Crippen molar-refractivity contribution < 1.29 is 14.7 Å². The van der Waals surface area contributed by atoms with Crippen LogP contribution in [0.4, 0.5) is 0 Å². The van der Waals surface area contributed by atoms with E-state index >= 15 is 0 Å². The summed E-state index contributed by atoms with van der Waals surface area (Å²) < 4.78 is 0.